The fourth-order valence-corrected chi connectivity index (χ4v) is 1.17. The minimum Gasteiger partial charge on any atom is -0.384 e. The van der Waals surface area contributed by atoms with Gasteiger partial charge in [0.15, 0.2) is 0 Å². The molecule has 0 aromatic rings. The quantitative estimate of drug-likeness (QED) is 0.589. The maximum absolute atomic E-state index is 4.00. The van der Waals surface area contributed by atoms with Crippen LogP contribution in [0.25, 0.3) is 0 Å². The van der Waals surface area contributed by atoms with Crippen molar-refractivity contribution < 1.29 is 0 Å². The Bertz CT molecular complexity index is 173. The smallest absolute Gasteiger partial charge is 0.0460 e. The summed E-state index contributed by atoms with van der Waals surface area (Å²) in [6, 6.07) is 0.379. The van der Waals surface area contributed by atoms with Gasteiger partial charge in [0.05, 0.1) is 0 Å². The Morgan fingerprint density at radius 3 is 2.38 bits per heavy atom. The molecule has 0 radical (unpaired) electrons. The summed E-state index contributed by atoms with van der Waals surface area (Å²) >= 11 is 0. The Hall–Kier alpha value is -0.760. The predicted octanol–water partition coefficient (Wildman–Crippen LogP) is 2.05. The van der Waals surface area contributed by atoms with Crippen LogP contribution in [0, 0.1) is 0 Å². The molecule has 2 heteroatoms. The van der Waals surface area contributed by atoms with Crippen LogP contribution in [0.4, 0.5) is 0 Å². The van der Waals surface area contributed by atoms with Crippen LogP contribution in [0.15, 0.2) is 24.4 Å². The molecule has 0 amide bonds. The molecule has 0 aliphatic carbocycles. The van der Waals surface area contributed by atoms with Crippen LogP contribution in [0.5, 0.6) is 0 Å². The lowest BCUT2D eigenvalue weighted by atomic mass is 10.1. The highest BCUT2D eigenvalue weighted by atomic mass is 15.0. The van der Waals surface area contributed by atoms with E-state index < -0.39 is 0 Å². The zero-order valence-corrected chi connectivity index (χ0v) is 9.11. The Labute approximate surface area is 82.1 Å². The maximum Gasteiger partial charge on any atom is 0.0460 e. The minimum absolute atomic E-state index is 0.379. The molecule has 1 atom stereocenters. The maximum atomic E-state index is 4.00. The molecule has 0 aromatic heterocycles. The van der Waals surface area contributed by atoms with Crippen LogP contribution in [-0.4, -0.2) is 19.6 Å². The molecule has 0 aliphatic rings. The van der Waals surface area contributed by atoms with E-state index in [1.165, 1.54) is 6.42 Å². The van der Waals surface area contributed by atoms with Gasteiger partial charge in [-0.05, 0) is 20.4 Å². The van der Waals surface area contributed by atoms with Crippen molar-refractivity contribution in [3.8, 4) is 0 Å². The molecule has 0 aliphatic heterocycles. The lowest BCUT2D eigenvalue weighted by Gasteiger charge is -2.19. The second-order valence-electron chi connectivity index (χ2n) is 3.47. The van der Waals surface area contributed by atoms with Gasteiger partial charge >= 0.3 is 0 Å². The van der Waals surface area contributed by atoms with Gasteiger partial charge in [0.1, 0.15) is 0 Å². The summed E-state index contributed by atoms with van der Waals surface area (Å²) in [6.45, 7) is 12.8. The molecular formula is C11H22N2. The first kappa shape index (κ1) is 12.2. The Morgan fingerprint density at radius 1 is 1.38 bits per heavy atom. The fourth-order valence-electron chi connectivity index (χ4n) is 1.17. The van der Waals surface area contributed by atoms with Crippen LogP contribution in [0.2, 0.25) is 0 Å². The summed E-state index contributed by atoms with van der Waals surface area (Å²) in [5, 5.41) is 6.50. The molecule has 76 valence electrons. The lowest BCUT2D eigenvalue weighted by Crippen LogP contribution is -2.34. The van der Waals surface area contributed by atoms with Crippen LogP contribution in [0.1, 0.15) is 26.7 Å². The first-order valence-electron chi connectivity index (χ1n) is 4.86. The second-order valence-corrected chi connectivity index (χ2v) is 3.47. The van der Waals surface area contributed by atoms with E-state index in [2.05, 4.69) is 30.7 Å². The predicted molar refractivity (Wildman–Crippen MR) is 59.7 cm³/mol. The van der Waals surface area contributed by atoms with Crippen LogP contribution in [-0.2, 0) is 0 Å². The standard InChI is InChI=1S/C11H22N2/c1-6-7-11(12-5)10(4)13-8-9(2)3/h11-13H,2,4,6-8H2,1,3,5H3. The summed E-state index contributed by atoms with van der Waals surface area (Å²) in [7, 11) is 1.97. The first-order chi connectivity index (χ1) is 6.11. The monoisotopic (exact) mass is 182 g/mol. The fraction of sp³-hybridized carbons (Fsp3) is 0.636. The highest BCUT2D eigenvalue weighted by Gasteiger charge is 2.07. The Morgan fingerprint density at radius 2 is 2.00 bits per heavy atom. The molecule has 0 saturated heterocycles. The van der Waals surface area contributed by atoms with Gasteiger partial charge in [-0.3, -0.25) is 0 Å². The van der Waals surface area contributed by atoms with Crippen molar-refractivity contribution in [2.75, 3.05) is 13.6 Å². The number of likely N-dealkylation sites (N-methyl/N-ethyl adjacent to an activating group) is 1. The summed E-state index contributed by atoms with van der Waals surface area (Å²) in [5.74, 6) is 0. The highest BCUT2D eigenvalue weighted by molar-refractivity contribution is 5.06. The average molecular weight is 182 g/mol. The average Bonchev–Trinajstić information content (AvgIpc) is 2.10. The van der Waals surface area contributed by atoms with E-state index in [1.54, 1.807) is 0 Å². The largest absolute Gasteiger partial charge is 0.384 e. The van der Waals surface area contributed by atoms with Gasteiger partial charge in [-0.2, -0.15) is 0 Å². The molecule has 0 spiro atoms. The normalized spacial score (nSPS) is 12.2. The zero-order valence-electron chi connectivity index (χ0n) is 9.11. The molecule has 2 nitrogen and oxygen atoms in total. The van der Waals surface area contributed by atoms with E-state index in [9.17, 15) is 0 Å². The molecule has 13 heavy (non-hydrogen) atoms. The summed E-state index contributed by atoms with van der Waals surface area (Å²) in [4.78, 5) is 0. The van der Waals surface area contributed by atoms with E-state index in [-0.39, 0.29) is 0 Å². The van der Waals surface area contributed by atoms with Crippen molar-refractivity contribution in [1.29, 1.82) is 0 Å². The number of hydrogen-bond donors (Lipinski definition) is 2. The van der Waals surface area contributed by atoms with Gasteiger partial charge in [0, 0.05) is 18.3 Å². The van der Waals surface area contributed by atoms with Crippen molar-refractivity contribution in [2.24, 2.45) is 0 Å². The molecular weight excluding hydrogens is 160 g/mol. The van der Waals surface area contributed by atoms with Crippen molar-refractivity contribution >= 4 is 0 Å². The van der Waals surface area contributed by atoms with E-state index in [0.717, 1.165) is 24.2 Å². The van der Waals surface area contributed by atoms with Crippen molar-refractivity contribution in [3.63, 3.8) is 0 Å². The molecule has 1 unspecified atom stereocenters. The molecule has 0 saturated carbocycles. The highest BCUT2D eigenvalue weighted by Crippen LogP contribution is 2.03. The van der Waals surface area contributed by atoms with Crippen molar-refractivity contribution in [3.05, 3.63) is 24.4 Å². The third-order valence-electron chi connectivity index (χ3n) is 1.96. The summed E-state index contributed by atoms with van der Waals surface area (Å²) in [5.41, 5.74) is 2.19. The van der Waals surface area contributed by atoms with Gasteiger partial charge in [0.2, 0.25) is 0 Å². The van der Waals surface area contributed by atoms with Crippen LogP contribution < -0.4 is 10.6 Å². The number of nitrogens with one attached hydrogen (secondary N) is 2. The molecule has 0 heterocycles. The SMILES string of the molecule is C=C(C)CNC(=C)C(CCC)NC. The number of rotatable bonds is 7. The van der Waals surface area contributed by atoms with Crippen LogP contribution in [0.3, 0.4) is 0 Å². The van der Waals surface area contributed by atoms with Gasteiger partial charge < -0.3 is 10.6 Å². The van der Waals surface area contributed by atoms with E-state index >= 15 is 0 Å². The van der Waals surface area contributed by atoms with Crippen LogP contribution >= 0.6 is 0 Å². The first-order valence-corrected chi connectivity index (χ1v) is 4.86. The van der Waals surface area contributed by atoms with Gasteiger partial charge in [0.25, 0.3) is 0 Å². The minimum atomic E-state index is 0.379. The third kappa shape index (κ3) is 5.47. The molecule has 0 rings (SSSR count). The topological polar surface area (TPSA) is 24.1 Å². The van der Waals surface area contributed by atoms with E-state index in [4.69, 9.17) is 0 Å². The Kier molecular flexibility index (Phi) is 6.33. The molecule has 0 aromatic carbocycles. The second kappa shape index (κ2) is 6.72. The van der Waals surface area contributed by atoms with Crippen molar-refractivity contribution in [2.45, 2.75) is 32.7 Å². The lowest BCUT2D eigenvalue weighted by molar-refractivity contribution is 0.548. The van der Waals surface area contributed by atoms with E-state index in [0.29, 0.717) is 6.04 Å². The Balaban J connectivity index is 3.84. The van der Waals surface area contributed by atoms with Gasteiger partial charge in [-0.25, -0.2) is 0 Å². The molecule has 0 bridgehead atoms. The molecule has 2 N–H and O–H groups in total. The third-order valence-corrected chi connectivity index (χ3v) is 1.96. The van der Waals surface area contributed by atoms with Gasteiger partial charge in [-0.1, -0.05) is 32.1 Å². The van der Waals surface area contributed by atoms with Gasteiger partial charge in [-0.15, -0.1) is 0 Å². The number of hydrogen-bond acceptors (Lipinski definition) is 2. The van der Waals surface area contributed by atoms with Crippen molar-refractivity contribution in [1.82, 2.24) is 10.6 Å². The zero-order chi connectivity index (χ0) is 10.3. The molecule has 0 fully saturated rings. The summed E-state index contributed by atoms with van der Waals surface area (Å²) < 4.78 is 0. The van der Waals surface area contributed by atoms with E-state index in [1.807, 2.05) is 14.0 Å². The summed E-state index contributed by atoms with van der Waals surface area (Å²) in [6.07, 6.45) is 2.29.